The number of piperazine rings is 1. The molecular formula is C18H25Cl2N3O3S. The summed E-state index contributed by atoms with van der Waals surface area (Å²) in [7, 11) is -1.56. The van der Waals surface area contributed by atoms with E-state index in [-0.39, 0.29) is 24.1 Å². The molecule has 1 aromatic rings. The van der Waals surface area contributed by atoms with Crippen molar-refractivity contribution in [3.05, 3.63) is 33.8 Å². The molecule has 0 aromatic heterocycles. The number of carbonyl (C=O) groups is 1. The molecule has 9 heteroatoms. The average molecular weight is 434 g/mol. The molecular weight excluding hydrogens is 409 g/mol. The quantitative estimate of drug-likeness (QED) is 0.730. The van der Waals surface area contributed by atoms with Crippen LogP contribution in [0, 0.1) is 5.92 Å². The van der Waals surface area contributed by atoms with Gasteiger partial charge in [0.15, 0.2) is 0 Å². The van der Waals surface area contributed by atoms with Crippen LogP contribution in [-0.4, -0.2) is 74.7 Å². The van der Waals surface area contributed by atoms with Gasteiger partial charge in [-0.2, -0.15) is 0 Å². The van der Waals surface area contributed by atoms with E-state index in [1.165, 1.54) is 4.31 Å². The summed E-state index contributed by atoms with van der Waals surface area (Å²) < 4.78 is 27.3. The summed E-state index contributed by atoms with van der Waals surface area (Å²) in [5, 5.41) is 0.682. The number of nitrogens with zero attached hydrogens (tertiary/aromatic N) is 3. The van der Waals surface area contributed by atoms with Crippen LogP contribution in [0.25, 0.3) is 0 Å². The van der Waals surface area contributed by atoms with Crippen LogP contribution in [-0.2, 0) is 20.6 Å². The highest BCUT2D eigenvalue weighted by Gasteiger charge is 2.35. The van der Waals surface area contributed by atoms with Crippen molar-refractivity contribution in [2.24, 2.45) is 5.92 Å². The predicted octanol–water partition coefficient (Wildman–Crippen LogP) is 2.31. The van der Waals surface area contributed by atoms with E-state index in [4.69, 9.17) is 23.2 Å². The van der Waals surface area contributed by atoms with Gasteiger partial charge in [-0.25, -0.2) is 12.7 Å². The molecule has 3 rings (SSSR count). The van der Waals surface area contributed by atoms with Crippen molar-refractivity contribution < 1.29 is 13.2 Å². The Morgan fingerprint density at radius 1 is 1.11 bits per heavy atom. The topological polar surface area (TPSA) is 60.9 Å². The number of carbonyl (C=O) groups excluding carboxylic acids is 1. The number of hydrogen-bond donors (Lipinski definition) is 0. The van der Waals surface area contributed by atoms with Crippen molar-refractivity contribution in [1.82, 2.24) is 14.1 Å². The Morgan fingerprint density at radius 2 is 1.74 bits per heavy atom. The van der Waals surface area contributed by atoms with Crippen LogP contribution in [0.1, 0.15) is 18.4 Å². The van der Waals surface area contributed by atoms with Crippen LogP contribution in [0.15, 0.2) is 18.2 Å². The van der Waals surface area contributed by atoms with Gasteiger partial charge in [0.25, 0.3) is 0 Å². The first kappa shape index (κ1) is 20.9. The first-order chi connectivity index (χ1) is 12.8. The summed E-state index contributed by atoms with van der Waals surface area (Å²) in [6.07, 6.45) is 1.41. The van der Waals surface area contributed by atoms with Gasteiger partial charge in [-0.15, -0.1) is 0 Å². The number of likely N-dealkylation sites (N-methyl/N-ethyl adjacent to an activating group) is 1. The highest BCUT2D eigenvalue weighted by molar-refractivity contribution is 7.88. The summed E-state index contributed by atoms with van der Waals surface area (Å²) >= 11 is 12.3. The van der Waals surface area contributed by atoms with Gasteiger partial charge in [0.1, 0.15) is 0 Å². The lowest BCUT2D eigenvalue weighted by Gasteiger charge is -2.37. The summed E-state index contributed by atoms with van der Waals surface area (Å²) in [5.74, 6) is -0.460. The molecule has 1 amide bonds. The Balaban J connectivity index is 1.68. The number of amides is 1. The Morgan fingerprint density at radius 3 is 2.37 bits per heavy atom. The van der Waals surface area contributed by atoms with E-state index < -0.39 is 10.0 Å². The van der Waals surface area contributed by atoms with E-state index in [0.29, 0.717) is 41.7 Å². The van der Waals surface area contributed by atoms with Gasteiger partial charge in [-0.05, 0) is 32.0 Å². The van der Waals surface area contributed by atoms with E-state index in [1.54, 1.807) is 18.2 Å². The minimum Gasteiger partial charge on any atom is -0.340 e. The predicted molar refractivity (Wildman–Crippen MR) is 107 cm³/mol. The first-order valence-electron chi connectivity index (χ1n) is 9.16. The first-order valence-corrected chi connectivity index (χ1v) is 11.5. The molecule has 1 atom stereocenters. The summed E-state index contributed by atoms with van der Waals surface area (Å²) in [5.41, 5.74) is 0.411. The molecule has 6 nitrogen and oxygen atoms in total. The van der Waals surface area contributed by atoms with Crippen LogP contribution in [0.4, 0.5) is 0 Å². The van der Waals surface area contributed by atoms with Crippen molar-refractivity contribution in [2.75, 3.05) is 46.3 Å². The van der Waals surface area contributed by atoms with Gasteiger partial charge in [-0.3, -0.25) is 4.79 Å². The third-order valence-corrected chi connectivity index (χ3v) is 7.81. The number of benzene rings is 1. The van der Waals surface area contributed by atoms with E-state index in [2.05, 4.69) is 4.90 Å². The molecule has 1 aromatic carbocycles. The second-order valence-electron chi connectivity index (χ2n) is 7.28. The van der Waals surface area contributed by atoms with Crippen molar-refractivity contribution in [3.8, 4) is 0 Å². The smallest absolute Gasteiger partial charge is 0.227 e. The number of rotatable bonds is 4. The molecule has 0 saturated carbocycles. The monoisotopic (exact) mass is 433 g/mol. The standard InChI is InChI=1S/C18H25Cl2N3O3S/c1-21-8-10-22(11-9-21)18(24)14-4-3-7-23(12-14)27(25,26)13-15-16(19)5-2-6-17(15)20/h2,5-6,14H,3-4,7-13H2,1H3/t14-/m1/s1. The number of halogens is 2. The fourth-order valence-corrected chi connectivity index (χ4v) is 5.99. The van der Waals surface area contributed by atoms with Crippen LogP contribution >= 0.6 is 23.2 Å². The third kappa shape index (κ3) is 4.95. The SMILES string of the molecule is CN1CCN(C(=O)[C@@H]2CCCN(S(=O)(=O)Cc3c(Cl)cccc3Cl)C2)CC1. The zero-order chi connectivity index (χ0) is 19.6. The maximum atomic E-state index is 12.9. The van der Waals surface area contributed by atoms with Gasteiger partial charge in [0.05, 0.1) is 11.7 Å². The highest BCUT2D eigenvalue weighted by Crippen LogP contribution is 2.29. The lowest BCUT2D eigenvalue weighted by Crippen LogP contribution is -2.52. The molecule has 0 spiro atoms. The molecule has 27 heavy (non-hydrogen) atoms. The third-order valence-electron chi connectivity index (χ3n) is 5.33. The molecule has 2 aliphatic rings. The lowest BCUT2D eigenvalue weighted by atomic mass is 9.98. The average Bonchev–Trinajstić information content (AvgIpc) is 2.65. The van der Waals surface area contributed by atoms with Gasteiger partial charge in [0, 0.05) is 54.9 Å². The molecule has 0 radical (unpaired) electrons. The van der Waals surface area contributed by atoms with E-state index in [9.17, 15) is 13.2 Å². The Kier molecular flexibility index (Phi) is 6.69. The van der Waals surface area contributed by atoms with E-state index >= 15 is 0 Å². The van der Waals surface area contributed by atoms with Crippen LogP contribution < -0.4 is 0 Å². The molecule has 0 bridgehead atoms. The molecule has 0 unspecified atom stereocenters. The van der Waals surface area contributed by atoms with E-state index in [0.717, 1.165) is 19.5 Å². The zero-order valence-corrected chi connectivity index (χ0v) is 17.7. The number of sulfonamides is 1. The van der Waals surface area contributed by atoms with Crippen molar-refractivity contribution in [3.63, 3.8) is 0 Å². The Labute approximate surface area is 171 Å². The largest absolute Gasteiger partial charge is 0.340 e. The second-order valence-corrected chi connectivity index (χ2v) is 10.1. The number of piperidine rings is 1. The highest BCUT2D eigenvalue weighted by atomic mass is 35.5. The van der Waals surface area contributed by atoms with Crippen LogP contribution in [0.2, 0.25) is 10.0 Å². The maximum Gasteiger partial charge on any atom is 0.227 e. The van der Waals surface area contributed by atoms with Crippen molar-refractivity contribution in [2.45, 2.75) is 18.6 Å². The van der Waals surface area contributed by atoms with Gasteiger partial charge >= 0.3 is 0 Å². The molecule has 150 valence electrons. The van der Waals surface area contributed by atoms with Crippen molar-refractivity contribution >= 4 is 39.1 Å². The van der Waals surface area contributed by atoms with Crippen LogP contribution in [0.3, 0.4) is 0 Å². The maximum absolute atomic E-state index is 12.9. The molecule has 2 aliphatic heterocycles. The second kappa shape index (κ2) is 8.66. The van der Waals surface area contributed by atoms with Gasteiger partial charge < -0.3 is 9.80 Å². The molecule has 2 heterocycles. The van der Waals surface area contributed by atoms with Crippen molar-refractivity contribution in [1.29, 1.82) is 0 Å². The Bertz CT molecular complexity index is 775. The lowest BCUT2D eigenvalue weighted by molar-refractivity contribution is -0.138. The normalized spacial score (nSPS) is 22.8. The fourth-order valence-electron chi connectivity index (χ4n) is 3.63. The minimum absolute atomic E-state index is 0.0683. The Hall–Kier alpha value is -0.860. The van der Waals surface area contributed by atoms with E-state index in [1.807, 2.05) is 11.9 Å². The fraction of sp³-hybridized carbons (Fsp3) is 0.611. The minimum atomic E-state index is -3.60. The summed E-state index contributed by atoms with van der Waals surface area (Å²) in [4.78, 5) is 16.9. The van der Waals surface area contributed by atoms with Gasteiger partial charge in [-0.1, -0.05) is 29.3 Å². The van der Waals surface area contributed by atoms with Gasteiger partial charge in [0.2, 0.25) is 15.9 Å². The molecule has 2 saturated heterocycles. The molecule has 0 N–H and O–H groups in total. The molecule has 0 aliphatic carbocycles. The summed E-state index contributed by atoms with van der Waals surface area (Å²) in [6, 6.07) is 4.95. The summed E-state index contributed by atoms with van der Waals surface area (Å²) in [6.45, 7) is 3.77. The van der Waals surface area contributed by atoms with Crippen LogP contribution in [0.5, 0.6) is 0 Å². The molecule has 2 fully saturated rings. The zero-order valence-electron chi connectivity index (χ0n) is 15.4. The number of hydrogen-bond acceptors (Lipinski definition) is 4.